The van der Waals surface area contributed by atoms with Gasteiger partial charge in [-0.3, -0.25) is 0 Å². The average molecular weight is 551 g/mol. The number of phenolic OH excluding ortho intramolecular Hbond substituents is 2. The van der Waals surface area contributed by atoms with E-state index in [4.69, 9.17) is 8.37 Å². The quantitative estimate of drug-likeness (QED) is 0.206. The molecule has 10 heteroatoms. The van der Waals surface area contributed by atoms with Gasteiger partial charge in [-0.1, -0.05) is 78.9 Å². The van der Waals surface area contributed by atoms with Gasteiger partial charge in [0, 0.05) is 5.56 Å². The molecule has 0 heterocycles. The molecule has 0 aliphatic heterocycles. The highest BCUT2D eigenvalue weighted by Gasteiger charge is 2.34. The minimum atomic E-state index is -4.88. The van der Waals surface area contributed by atoms with Crippen LogP contribution in [0.5, 0.6) is 11.5 Å². The van der Waals surface area contributed by atoms with Crippen molar-refractivity contribution < 1.29 is 35.4 Å². The smallest absolute Gasteiger partial charge is 0.340 e. The lowest BCUT2D eigenvalue weighted by Crippen LogP contribution is -2.13. The Morgan fingerprint density at radius 2 is 1.05 bits per heavy atom. The Balaban J connectivity index is 1.83. The fraction of sp³-hybridized carbons (Fsp3) is 0. The molecule has 4 aromatic rings. The van der Waals surface area contributed by atoms with Crippen LogP contribution in [-0.2, 0) is 28.6 Å². The topological polar surface area (TPSA) is 127 Å². The minimum absolute atomic E-state index is 0.129. The SMILES string of the molecule is O=S(=O)(OC=Cc1ccccc1)c1ccc(O)c(-c2ccccc2O)c1S(=O)(=O)OC=Cc1ccccc1. The van der Waals surface area contributed by atoms with Gasteiger partial charge in [-0.2, -0.15) is 16.8 Å². The van der Waals surface area contributed by atoms with Crippen LogP contribution in [0.25, 0.3) is 23.3 Å². The van der Waals surface area contributed by atoms with Crippen LogP contribution >= 0.6 is 0 Å². The second kappa shape index (κ2) is 11.2. The highest BCUT2D eigenvalue weighted by atomic mass is 32.2. The van der Waals surface area contributed by atoms with E-state index >= 15 is 0 Å². The number of para-hydroxylation sites is 1. The fourth-order valence-corrected chi connectivity index (χ4v) is 6.09. The van der Waals surface area contributed by atoms with Gasteiger partial charge in [-0.05, 0) is 41.5 Å². The van der Waals surface area contributed by atoms with E-state index in [9.17, 15) is 27.0 Å². The highest BCUT2D eigenvalue weighted by Crippen LogP contribution is 2.43. The first-order valence-corrected chi connectivity index (χ1v) is 13.9. The van der Waals surface area contributed by atoms with E-state index < -0.39 is 47.1 Å². The van der Waals surface area contributed by atoms with Crippen molar-refractivity contribution in [3.63, 3.8) is 0 Å². The number of aromatic hydroxyl groups is 2. The maximum absolute atomic E-state index is 13.4. The van der Waals surface area contributed by atoms with Crippen molar-refractivity contribution in [3.05, 3.63) is 121 Å². The van der Waals surface area contributed by atoms with E-state index in [2.05, 4.69) is 0 Å². The van der Waals surface area contributed by atoms with Gasteiger partial charge in [0.05, 0.1) is 5.56 Å². The Kier molecular flexibility index (Phi) is 7.85. The number of benzene rings is 4. The molecular formula is C28H22O8S2. The van der Waals surface area contributed by atoms with Crippen molar-refractivity contribution >= 4 is 32.4 Å². The standard InChI is InChI=1S/C28H22O8S2/c29-24-14-8-7-13-23(24)27-25(30)15-16-26(37(31,32)35-19-17-21-9-3-1-4-10-21)28(27)38(33,34)36-20-18-22-11-5-2-6-12-22/h1-20,29-30H. The number of hydrogen-bond donors (Lipinski definition) is 2. The monoisotopic (exact) mass is 550 g/mol. The first-order valence-electron chi connectivity index (χ1n) is 11.1. The molecule has 2 N–H and O–H groups in total. The summed E-state index contributed by atoms with van der Waals surface area (Å²) in [5.41, 5.74) is 0.677. The van der Waals surface area contributed by atoms with E-state index in [1.807, 2.05) is 0 Å². The maximum atomic E-state index is 13.4. The Bertz CT molecular complexity index is 1690. The second-order valence-electron chi connectivity index (χ2n) is 7.83. The molecule has 0 aliphatic rings. The van der Waals surface area contributed by atoms with Crippen LogP contribution < -0.4 is 0 Å². The summed E-state index contributed by atoms with van der Waals surface area (Å²) < 4.78 is 63.3. The van der Waals surface area contributed by atoms with Crippen LogP contribution in [0.2, 0.25) is 0 Å². The lowest BCUT2D eigenvalue weighted by molar-refractivity contribution is 0.429. The Morgan fingerprint density at radius 1 is 0.553 bits per heavy atom. The molecule has 0 bridgehead atoms. The van der Waals surface area contributed by atoms with Crippen LogP contribution in [0.15, 0.2) is 119 Å². The van der Waals surface area contributed by atoms with Crippen LogP contribution in [0.1, 0.15) is 11.1 Å². The van der Waals surface area contributed by atoms with Crippen molar-refractivity contribution in [2.45, 2.75) is 9.79 Å². The number of phenols is 2. The zero-order valence-electron chi connectivity index (χ0n) is 19.7. The van der Waals surface area contributed by atoms with Crippen LogP contribution in [-0.4, -0.2) is 27.0 Å². The zero-order valence-corrected chi connectivity index (χ0v) is 21.3. The average Bonchev–Trinajstić information content (AvgIpc) is 2.90. The van der Waals surface area contributed by atoms with Gasteiger partial charge in [-0.15, -0.1) is 0 Å². The van der Waals surface area contributed by atoms with Gasteiger partial charge in [0.1, 0.15) is 33.8 Å². The molecule has 0 spiro atoms. The Morgan fingerprint density at radius 3 is 1.61 bits per heavy atom. The molecule has 0 atom stereocenters. The van der Waals surface area contributed by atoms with Crippen LogP contribution in [0.3, 0.4) is 0 Å². The molecule has 0 aliphatic carbocycles. The largest absolute Gasteiger partial charge is 0.507 e. The molecule has 8 nitrogen and oxygen atoms in total. The zero-order chi connectivity index (χ0) is 27.2. The van der Waals surface area contributed by atoms with Crippen molar-refractivity contribution in [1.82, 2.24) is 0 Å². The van der Waals surface area contributed by atoms with Crippen LogP contribution in [0, 0.1) is 0 Å². The van der Waals surface area contributed by atoms with Crippen molar-refractivity contribution in [3.8, 4) is 22.6 Å². The fourth-order valence-electron chi connectivity index (χ4n) is 3.53. The van der Waals surface area contributed by atoms with Crippen molar-refractivity contribution in [1.29, 1.82) is 0 Å². The van der Waals surface area contributed by atoms with Gasteiger partial charge >= 0.3 is 20.2 Å². The maximum Gasteiger partial charge on any atom is 0.340 e. The second-order valence-corrected chi connectivity index (χ2v) is 10.9. The van der Waals surface area contributed by atoms with Gasteiger partial charge < -0.3 is 18.6 Å². The first-order chi connectivity index (χ1) is 18.2. The van der Waals surface area contributed by atoms with Gasteiger partial charge in [0.15, 0.2) is 0 Å². The summed E-state index contributed by atoms with van der Waals surface area (Å²) in [5, 5.41) is 21.1. The van der Waals surface area contributed by atoms with E-state index in [1.54, 1.807) is 60.7 Å². The predicted octanol–water partition coefficient (Wildman–Crippen LogP) is 5.52. The summed E-state index contributed by atoms with van der Waals surface area (Å²) in [6.07, 6.45) is 4.54. The highest BCUT2D eigenvalue weighted by molar-refractivity contribution is 7.90. The molecule has 0 saturated heterocycles. The van der Waals surface area contributed by atoms with Gasteiger partial charge in [0.25, 0.3) is 0 Å². The van der Waals surface area contributed by atoms with E-state index in [1.165, 1.54) is 36.4 Å². The van der Waals surface area contributed by atoms with Gasteiger partial charge in [0.2, 0.25) is 0 Å². The number of rotatable bonds is 9. The summed E-state index contributed by atoms with van der Waals surface area (Å²) >= 11 is 0. The normalized spacial score (nSPS) is 12.1. The van der Waals surface area contributed by atoms with E-state index in [0.717, 1.165) is 24.7 Å². The van der Waals surface area contributed by atoms with E-state index in [0.29, 0.717) is 11.1 Å². The molecule has 0 saturated carbocycles. The third-order valence-corrected chi connectivity index (χ3v) is 7.94. The molecule has 0 radical (unpaired) electrons. The molecule has 38 heavy (non-hydrogen) atoms. The molecular weight excluding hydrogens is 528 g/mol. The molecule has 0 aromatic heterocycles. The summed E-state index contributed by atoms with van der Waals surface area (Å²) in [4.78, 5) is -1.69. The lowest BCUT2D eigenvalue weighted by atomic mass is 10.0. The predicted molar refractivity (Wildman–Crippen MR) is 143 cm³/mol. The first kappa shape index (κ1) is 26.5. The molecule has 194 valence electrons. The Hall–Kier alpha value is -4.54. The lowest BCUT2D eigenvalue weighted by Gasteiger charge is -2.16. The summed E-state index contributed by atoms with van der Waals surface area (Å²) in [6.45, 7) is 0. The van der Waals surface area contributed by atoms with Gasteiger partial charge in [-0.25, -0.2) is 0 Å². The molecule has 0 unspecified atom stereocenters. The molecule has 4 aromatic carbocycles. The third-order valence-electron chi connectivity index (χ3n) is 5.28. The van der Waals surface area contributed by atoms with Crippen LogP contribution in [0.4, 0.5) is 0 Å². The third kappa shape index (κ3) is 6.05. The molecule has 0 fully saturated rings. The molecule has 4 rings (SSSR count). The summed E-state index contributed by atoms with van der Waals surface area (Å²) in [7, 11) is -9.62. The van der Waals surface area contributed by atoms with Crippen molar-refractivity contribution in [2.75, 3.05) is 0 Å². The number of hydrogen-bond acceptors (Lipinski definition) is 8. The van der Waals surface area contributed by atoms with Crippen molar-refractivity contribution in [2.24, 2.45) is 0 Å². The minimum Gasteiger partial charge on any atom is -0.507 e. The van der Waals surface area contributed by atoms with E-state index in [-0.39, 0.29) is 5.56 Å². The Labute approximate surface area is 220 Å². The summed E-state index contributed by atoms with van der Waals surface area (Å²) in [5.74, 6) is -0.988. The molecule has 0 amide bonds. The summed E-state index contributed by atoms with van der Waals surface area (Å²) in [6, 6.07) is 24.8.